The molecular formula is C24H18ClF4NO2S2. The van der Waals surface area contributed by atoms with Crippen molar-refractivity contribution in [2.24, 2.45) is 0 Å². The van der Waals surface area contributed by atoms with Crippen LogP contribution < -0.4 is 4.31 Å². The van der Waals surface area contributed by atoms with E-state index in [1.54, 1.807) is 37.3 Å². The highest BCUT2D eigenvalue weighted by Crippen LogP contribution is 2.40. The molecule has 10 heteroatoms. The molecule has 178 valence electrons. The van der Waals surface area contributed by atoms with Crippen LogP contribution in [-0.2, 0) is 16.2 Å². The molecule has 34 heavy (non-hydrogen) atoms. The Hall–Kier alpha value is -2.49. The van der Waals surface area contributed by atoms with Crippen molar-refractivity contribution in [3.63, 3.8) is 0 Å². The summed E-state index contributed by atoms with van der Waals surface area (Å²) in [6.45, 7) is 1.79. The predicted octanol–water partition coefficient (Wildman–Crippen LogP) is 7.36. The number of allylic oxidation sites excluding steroid dienone is 1. The first-order chi connectivity index (χ1) is 16.0. The van der Waals surface area contributed by atoms with Gasteiger partial charge in [0.15, 0.2) is 0 Å². The normalized spacial score (nSPS) is 14.8. The van der Waals surface area contributed by atoms with Gasteiger partial charge in [-0.15, -0.1) is 11.8 Å². The average Bonchev–Trinajstić information content (AvgIpc) is 2.78. The molecule has 0 radical (unpaired) electrons. The number of thioether (sulfide) groups is 1. The topological polar surface area (TPSA) is 37.4 Å². The third-order valence-electron chi connectivity index (χ3n) is 5.29. The number of sulfonamides is 1. The minimum Gasteiger partial charge on any atom is -0.264 e. The maximum absolute atomic E-state index is 14.3. The van der Waals surface area contributed by atoms with E-state index in [4.69, 9.17) is 11.6 Å². The lowest BCUT2D eigenvalue weighted by molar-refractivity contribution is -0.137. The van der Waals surface area contributed by atoms with Crippen LogP contribution in [0.3, 0.4) is 0 Å². The van der Waals surface area contributed by atoms with Gasteiger partial charge in [-0.2, -0.15) is 13.2 Å². The minimum atomic E-state index is -4.66. The molecule has 0 aromatic heterocycles. The molecule has 3 aromatic rings. The molecule has 0 aliphatic carbocycles. The van der Waals surface area contributed by atoms with Gasteiger partial charge in [0.25, 0.3) is 10.0 Å². The predicted molar refractivity (Wildman–Crippen MR) is 128 cm³/mol. The number of alkyl halides is 3. The summed E-state index contributed by atoms with van der Waals surface area (Å²) in [6.07, 6.45) is -2.98. The monoisotopic (exact) mass is 527 g/mol. The zero-order chi connectivity index (χ0) is 24.7. The number of nitrogens with zero attached hydrogens (tertiary/aromatic N) is 1. The van der Waals surface area contributed by atoms with E-state index < -0.39 is 32.5 Å². The van der Waals surface area contributed by atoms with E-state index in [9.17, 15) is 26.0 Å². The molecule has 0 saturated carbocycles. The molecule has 4 rings (SSSR count). The SMILES string of the molecule is C/C(=C\c1ccc2c(c1)N(S(=O)(=O)c1cccc(C(F)(F)F)c1)CCS2)c1c(F)cccc1Cl. The van der Waals surface area contributed by atoms with E-state index >= 15 is 0 Å². The number of hydrogen-bond donors (Lipinski definition) is 0. The number of halogens is 5. The molecule has 0 fully saturated rings. The first-order valence-corrected chi connectivity index (χ1v) is 12.9. The van der Waals surface area contributed by atoms with E-state index in [-0.39, 0.29) is 17.1 Å². The van der Waals surface area contributed by atoms with Gasteiger partial charge in [-0.1, -0.05) is 35.9 Å². The molecule has 1 heterocycles. The first-order valence-electron chi connectivity index (χ1n) is 10.1. The van der Waals surface area contributed by atoms with Gasteiger partial charge in [0, 0.05) is 22.8 Å². The van der Waals surface area contributed by atoms with Crippen LogP contribution in [0, 0.1) is 5.82 Å². The summed E-state index contributed by atoms with van der Waals surface area (Å²) in [7, 11) is -4.25. The van der Waals surface area contributed by atoms with Crippen molar-refractivity contribution < 1.29 is 26.0 Å². The van der Waals surface area contributed by atoms with Crippen molar-refractivity contribution in [1.29, 1.82) is 0 Å². The van der Waals surface area contributed by atoms with Crippen molar-refractivity contribution in [3.05, 3.63) is 88.2 Å². The van der Waals surface area contributed by atoms with Crippen LogP contribution >= 0.6 is 23.4 Å². The maximum atomic E-state index is 14.3. The van der Waals surface area contributed by atoms with Crippen LogP contribution in [0.15, 0.2) is 70.5 Å². The molecule has 1 aliphatic heterocycles. The fourth-order valence-electron chi connectivity index (χ4n) is 3.71. The number of benzene rings is 3. The second-order valence-electron chi connectivity index (χ2n) is 7.60. The van der Waals surface area contributed by atoms with Gasteiger partial charge in [0.05, 0.1) is 21.2 Å². The summed E-state index contributed by atoms with van der Waals surface area (Å²) < 4.78 is 81.6. The summed E-state index contributed by atoms with van der Waals surface area (Å²) in [5.74, 6) is -0.0342. The summed E-state index contributed by atoms with van der Waals surface area (Å²) in [4.78, 5) is 0.246. The lowest BCUT2D eigenvalue weighted by Crippen LogP contribution is -2.35. The molecule has 0 spiro atoms. The van der Waals surface area contributed by atoms with Gasteiger partial charge < -0.3 is 0 Å². The Labute approximate surface area is 204 Å². The lowest BCUT2D eigenvalue weighted by atomic mass is 10.0. The Morgan fingerprint density at radius 1 is 1.09 bits per heavy atom. The summed E-state index contributed by atoms with van der Waals surface area (Å²) in [5, 5.41) is 0.246. The van der Waals surface area contributed by atoms with E-state index in [0.29, 0.717) is 33.5 Å². The largest absolute Gasteiger partial charge is 0.416 e. The maximum Gasteiger partial charge on any atom is 0.416 e. The average molecular weight is 528 g/mol. The minimum absolute atomic E-state index is 0.0987. The second-order valence-corrected chi connectivity index (χ2v) is 11.0. The Bertz CT molecular complexity index is 1370. The van der Waals surface area contributed by atoms with Crippen LogP contribution in [0.1, 0.15) is 23.6 Å². The Kier molecular flexibility index (Phi) is 6.72. The molecule has 0 bridgehead atoms. The lowest BCUT2D eigenvalue weighted by Gasteiger charge is -2.30. The van der Waals surface area contributed by atoms with Crippen molar-refractivity contribution in [2.45, 2.75) is 22.9 Å². The summed E-state index contributed by atoms with van der Waals surface area (Å²) in [6, 6.07) is 13.2. The van der Waals surface area contributed by atoms with Crippen LogP contribution in [0.2, 0.25) is 5.02 Å². The van der Waals surface area contributed by atoms with Gasteiger partial charge in [0.1, 0.15) is 5.82 Å². The number of fused-ring (bicyclic) bond motifs is 1. The van der Waals surface area contributed by atoms with E-state index in [1.807, 2.05) is 0 Å². The zero-order valence-electron chi connectivity index (χ0n) is 17.7. The number of anilines is 1. The van der Waals surface area contributed by atoms with Gasteiger partial charge in [-0.3, -0.25) is 4.31 Å². The van der Waals surface area contributed by atoms with Crippen LogP contribution in [0.4, 0.5) is 23.2 Å². The Morgan fingerprint density at radius 3 is 2.53 bits per heavy atom. The molecule has 0 amide bonds. The molecule has 0 atom stereocenters. The third kappa shape index (κ3) is 4.82. The summed E-state index contributed by atoms with van der Waals surface area (Å²) >= 11 is 7.60. The fraction of sp³-hybridized carbons (Fsp3) is 0.167. The smallest absolute Gasteiger partial charge is 0.264 e. The van der Waals surface area contributed by atoms with Gasteiger partial charge >= 0.3 is 6.18 Å². The van der Waals surface area contributed by atoms with Gasteiger partial charge in [-0.05, 0) is 60.5 Å². The highest BCUT2D eigenvalue weighted by Gasteiger charge is 2.34. The van der Waals surface area contributed by atoms with Crippen LogP contribution in [-0.4, -0.2) is 20.7 Å². The molecule has 0 saturated heterocycles. The second kappa shape index (κ2) is 9.28. The molecule has 0 unspecified atom stereocenters. The van der Waals surface area contributed by atoms with Crippen molar-refractivity contribution in [3.8, 4) is 0 Å². The standard InChI is InChI=1S/C24H18ClF4NO2S2/c1-15(23-19(25)6-3-7-20(23)26)12-16-8-9-22-21(13-16)30(10-11-33-22)34(31,32)18-5-2-4-17(14-18)24(27,28)29/h2-9,12-14H,10-11H2,1H3/b15-12+. The van der Waals surface area contributed by atoms with E-state index in [0.717, 1.165) is 22.5 Å². The number of rotatable bonds is 4. The van der Waals surface area contributed by atoms with Gasteiger partial charge in [-0.25, -0.2) is 12.8 Å². The van der Waals surface area contributed by atoms with Crippen molar-refractivity contribution in [2.75, 3.05) is 16.6 Å². The molecule has 3 aromatic carbocycles. The highest BCUT2D eigenvalue weighted by molar-refractivity contribution is 8.00. The third-order valence-corrected chi connectivity index (χ3v) is 8.46. The highest BCUT2D eigenvalue weighted by atomic mass is 35.5. The Morgan fingerprint density at radius 2 is 1.82 bits per heavy atom. The quantitative estimate of drug-likeness (QED) is 0.263. The number of hydrogen-bond acceptors (Lipinski definition) is 3. The van der Waals surface area contributed by atoms with Gasteiger partial charge in [0.2, 0.25) is 0 Å². The molecule has 3 nitrogen and oxygen atoms in total. The molecular weight excluding hydrogens is 510 g/mol. The molecule has 0 N–H and O–H groups in total. The van der Waals surface area contributed by atoms with E-state index in [2.05, 4.69) is 0 Å². The van der Waals surface area contributed by atoms with Crippen molar-refractivity contribution >= 4 is 50.7 Å². The summed E-state index contributed by atoms with van der Waals surface area (Å²) in [5.41, 5.74) is 0.704. The van der Waals surface area contributed by atoms with E-state index in [1.165, 1.54) is 23.9 Å². The van der Waals surface area contributed by atoms with Crippen LogP contribution in [0.5, 0.6) is 0 Å². The Balaban J connectivity index is 1.76. The van der Waals surface area contributed by atoms with Crippen LogP contribution in [0.25, 0.3) is 11.6 Å². The molecule has 1 aliphatic rings. The van der Waals surface area contributed by atoms with Crippen molar-refractivity contribution in [1.82, 2.24) is 0 Å². The fourth-order valence-corrected chi connectivity index (χ4v) is 6.69. The first kappa shape index (κ1) is 24.6. The zero-order valence-corrected chi connectivity index (χ0v) is 20.1.